The maximum atomic E-state index is 11.2. The molecule has 0 atom stereocenters. The quantitative estimate of drug-likeness (QED) is 0.666. The van der Waals surface area contributed by atoms with Gasteiger partial charge in [0.1, 0.15) is 23.8 Å². The third-order valence-corrected chi connectivity index (χ3v) is 3.53. The van der Waals surface area contributed by atoms with E-state index in [4.69, 9.17) is 9.26 Å². The lowest BCUT2D eigenvalue weighted by molar-refractivity contribution is 0.101. The molecule has 7 heteroatoms. The summed E-state index contributed by atoms with van der Waals surface area (Å²) in [7, 11) is 0. The van der Waals surface area contributed by atoms with Crippen molar-refractivity contribution in [1.29, 1.82) is 0 Å². The molecule has 0 aliphatic rings. The van der Waals surface area contributed by atoms with Crippen LogP contribution in [-0.2, 0) is 6.61 Å². The number of ether oxygens (including phenoxy) is 1. The predicted molar refractivity (Wildman–Crippen MR) is 85.6 cm³/mol. The number of carbonyl (C=O) groups is 1. The summed E-state index contributed by atoms with van der Waals surface area (Å²) in [5.74, 6) is 0.852. The Bertz CT molecular complexity index is 855. The van der Waals surface area contributed by atoms with Crippen LogP contribution in [0.3, 0.4) is 0 Å². The smallest absolute Gasteiger partial charge is 0.233 e. The van der Waals surface area contributed by atoms with Gasteiger partial charge in [0, 0.05) is 30.4 Å². The van der Waals surface area contributed by atoms with E-state index in [0.717, 1.165) is 16.8 Å². The van der Waals surface area contributed by atoms with Crippen LogP contribution in [0.25, 0.3) is 11.3 Å². The molecule has 0 N–H and O–H groups in total. The van der Waals surface area contributed by atoms with Gasteiger partial charge in [-0.3, -0.25) is 9.78 Å². The first kappa shape index (κ1) is 15.8. The summed E-state index contributed by atoms with van der Waals surface area (Å²) in [6.07, 6.45) is 1.75. The number of nitrogens with zero attached hydrogens (tertiary/aromatic N) is 4. The number of pyridine rings is 1. The fourth-order valence-electron chi connectivity index (χ4n) is 2.13. The highest BCUT2D eigenvalue weighted by atomic mass is 16.5. The Morgan fingerprint density at radius 2 is 2.00 bits per heavy atom. The molecule has 0 bridgehead atoms. The number of ketones is 1. The molecule has 0 radical (unpaired) electrons. The average Bonchev–Trinajstić information content (AvgIpc) is 2.95. The molecular weight excluding hydrogens is 308 g/mol. The zero-order valence-electron chi connectivity index (χ0n) is 13.6. The van der Waals surface area contributed by atoms with Crippen molar-refractivity contribution in [3.63, 3.8) is 0 Å². The minimum absolute atomic E-state index is 0.141. The molecule has 0 spiro atoms. The normalized spacial score (nSPS) is 10.6. The monoisotopic (exact) mass is 324 g/mol. The number of aryl methyl sites for hydroxylation is 2. The van der Waals surface area contributed by atoms with Crippen molar-refractivity contribution in [3.05, 3.63) is 53.2 Å². The van der Waals surface area contributed by atoms with Crippen molar-refractivity contribution in [3.8, 4) is 17.1 Å². The Hall–Kier alpha value is -3.09. The van der Waals surface area contributed by atoms with Crippen LogP contribution in [0.5, 0.6) is 5.88 Å². The Balaban J connectivity index is 1.79. The van der Waals surface area contributed by atoms with Gasteiger partial charge < -0.3 is 9.26 Å². The van der Waals surface area contributed by atoms with Gasteiger partial charge in [-0.1, -0.05) is 5.16 Å². The minimum atomic E-state index is -0.141. The van der Waals surface area contributed by atoms with Crippen LogP contribution in [0.2, 0.25) is 0 Å². The van der Waals surface area contributed by atoms with Crippen molar-refractivity contribution in [2.24, 2.45) is 0 Å². The number of aromatic nitrogens is 4. The van der Waals surface area contributed by atoms with E-state index in [-0.39, 0.29) is 12.4 Å². The standard InChI is InChI=1S/C17H16N4O3/c1-10-4-5-13(8-18-10)17-14(12(3)24-21-17)9-23-16-7-6-15(11(2)22)19-20-16/h4-8H,9H2,1-3H3. The number of carbonyl (C=O) groups excluding carboxylic acids is 1. The largest absolute Gasteiger partial charge is 0.472 e. The fraction of sp³-hybridized carbons (Fsp3) is 0.235. The van der Waals surface area contributed by atoms with Crippen LogP contribution in [0.15, 0.2) is 35.0 Å². The van der Waals surface area contributed by atoms with Gasteiger partial charge in [0.2, 0.25) is 5.88 Å². The third kappa shape index (κ3) is 3.29. The van der Waals surface area contributed by atoms with Gasteiger partial charge in [-0.15, -0.1) is 10.2 Å². The van der Waals surface area contributed by atoms with Crippen LogP contribution in [0, 0.1) is 13.8 Å². The molecule has 0 unspecified atom stereocenters. The average molecular weight is 324 g/mol. The SMILES string of the molecule is CC(=O)c1ccc(OCc2c(-c3ccc(C)nc3)noc2C)nn1. The zero-order chi connectivity index (χ0) is 17.1. The van der Waals surface area contributed by atoms with E-state index < -0.39 is 0 Å². The molecule has 3 aromatic rings. The van der Waals surface area contributed by atoms with Crippen LogP contribution in [0.4, 0.5) is 0 Å². The summed E-state index contributed by atoms with van der Waals surface area (Å²) in [4.78, 5) is 15.5. The van der Waals surface area contributed by atoms with Gasteiger partial charge in [-0.2, -0.15) is 0 Å². The molecule has 0 aliphatic heterocycles. The topological polar surface area (TPSA) is 91.0 Å². The highest BCUT2D eigenvalue weighted by molar-refractivity contribution is 5.91. The fourth-order valence-corrected chi connectivity index (χ4v) is 2.13. The number of rotatable bonds is 5. The first-order valence-electron chi connectivity index (χ1n) is 7.40. The maximum Gasteiger partial charge on any atom is 0.233 e. The highest BCUT2D eigenvalue weighted by Crippen LogP contribution is 2.25. The van der Waals surface area contributed by atoms with Gasteiger partial charge >= 0.3 is 0 Å². The van der Waals surface area contributed by atoms with Gasteiger partial charge in [0.25, 0.3) is 0 Å². The lowest BCUT2D eigenvalue weighted by Crippen LogP contribution is -2.03. The second-order valence-corrected chi connectivity index (χ2v) is 5.36. The number of hydrogen-bond donors (Lipinski definition) is 0. The van der Waals surface area contributed by atoms with E-state index in [2.05, 4.69) is 20.3 Å². The summed E-state index contributed by atoms with van der Waals surface area (Å²) < 4.78 is 10.9. The van der Waals surface area contributed by atoms with Gasteiger partial charge in [-0.05, 0) is 32.0 Å². The van der Waals surface area contributed by atoms with Crippen LogP contribution < -0.4 is 4.74 Å². The molecule has 7 nitrogen and oxygen atoms in total. The third-order valence-electron chi connectivity index (χ3n) is 3.53. The van der Waals surface area contributed by atoms with E-state index in [1.54, 1.807) is 18.3 Å². The van der Waals surface area contributed by atoms with Gasteiger partial charge in [0.05, 0.1) is 5.56 Å². The van der Waals surface area contributed by atoms with E-state index in [1.807, 2.05) is 26.0 Å². The lowest BCUT2D eigenvalue weighted by atomic mass is 10.1. The molecule has 0 amide bonds. The molecule has 3 heterocycles. The predicted octanol–water partition coefficient (Wildman–Crippen LogP) is 2.93. The molecule has 0 aliphatic carbocycles. The molecule has 122 valence electrons. The Labute approximate surface area is 138 Å². The molecule has 0 fully saturated rings. The molecule has 0 saturated heterocycles. The van der Waals surface area contributed by atoms with Gasteiger partial charge in [0.15, 0.2) is 5.78 Å². The van der Waals surface area contributed by atoms with Crippen LogP contribution in [0.1, 0.15) is 34.4 Å². The summed E-state index contributed by atoms with van der Waals surface area (Å²) >= 11 is 0. The summed E-state index contributed by atoms with van der Waals surface area (Å²) in [5, 5.41) is 11.8. The van der Waals surface area contributed by atoms with Crippen molar-refractivity contribution >= 4 is 5.78 Å². The highest BCUT2D eigenvalue weighted by Gasteiger charge is 2.16. The van der Waals surface area contributed by atoms with E-state index in [1.165, 1.54) is 6.92 Å². The molecule has 3 rings (SSSR count). The number of hydrogen-bond acceptors (Lipinski definition) is 7. The van der Waals surface area contributed by atoms with E-state index in [9.17, 15) is 4.79 Å². The zero-order valence-corrected chi connectivity index (χ0v) is 13.6. The van der Waals surface area contributed by atoms with E-state index in [0.29, 0.717) is 23.0 Å². The number of Topliss-reactive ketones (excluding diaryl/α,β-unsaturated/α-hetero) is 1. The summed E-state index contributed by atoms with van der Waals surface area (Å²) in [5.41, 5.74) is 3.59. The Morgan fingerprint density at radius 1 is 1.17 bits per heavy atom. The molecule has 3 aromatic heterocycles. The van der Waals surface area contributed by atoms with Crippen molar-refractivity contribution in [2.45, 2.75) is 27.4 Å². The van der Waals surface area contributed by atoms with Gasteiger partial charge in [-0.25, -0.2) is 0 Å². The van der Waals surface area contributed by atoms with Crippen molar-refractivity contribution < 1.29 is 14.1 Å². The molecular formula is C17H16N4O3. The molecule has 24 heavy (non-hydrogen) atoms. The second kappa shape index (κ2) is 6.57. The minimum Gasteiger partial charge on any atom is -0.472 e. The van der Waals surface area contributed by atoms with Crippen LogP contribution in [-0.4, -0.2) is 26.1 Å². The first-order chi connectivity index (χ1) is 11.5. The van der Waals surface area contributed by atoms with Crippen molar-refractivity contribution in [2.75, 3.05) is 0 Å². The summed E-state index contributed by atoms with van der Waals surface area (Å²) in [6.45, 7) is 5.41. The molecule has 0 aromatic carbocycles. The van der Waals surface area contributed by atoms with Crippen LogP contribution >= 0.6 is 0 Å². The second-order valence-electron chi connectivity index (χ2n) is 5.36. The molecule has 0 saturated carbocycles. The maximum absolute atomic E-state index is 11.2. The van der Waals surface area contributed by atoms with Crippen molar-refractivity contribution in [1.82, 2.24) is 20.3 Å². The Morgan fingerprint density at radius 3 is 2.62 bits per heavy atom. The Kier molecular flexibility index (Phi) is 4.33. The summed E-state index contributed by atoms with van der Waals surface area (Å²) in [6, 6.07) is 7.04. The lowest BCUT2D eigenvalue weighted by Gasteiger charge is -2.06. The first-order valence-corrected chi connectivity index (χ1v) is 7.40. The van der Waals surface area contributed by atoms with E-state index >= 15 is 0 Å².